The summed E-state index contributed by atoms with van der Waals surface area (Å²) in [4.78, 5) is 17.1. The number of nitrogens with one attached hydrogen (secondary N) is 1. The van der Waals surface area contributed by atoms with Crippen LogP contribution in [0.1, 0.15) is 31.2 Å². The van der Waals surface area contributed by atoms with Crippen LogP contribution in [0.4, 0.5) is 10.1 Å². The highest BCUT2D eigenvalue weighted by Crippen LogP contribution is 2.28. The van der Waals surface area contributed by atoms with Crippen LogP contribution in [0, 0.1) is 19.7 Å². The van der Waals surface area contributed by atoms with E-state index >= 15 is 0 Å². The van der Waals surface area contributed by atoms with E-state index in [0.717, 1.165) is 42.5 Å². The van der Waals surface area contributed by atoms with Crippen LogP contribution in [-0.4, -0.2) is 33.4 Å². The predicted octanol–water partition coefficient (Wildman–Crippen LogP) is 3.94. The minimum absolute atomic E-state index is 0.178. The van der Waals surface area contributed by atoms with E-state index in [4.69, 9.17) is 4.74 Å². The van der Waals surface area contributed by atoms with Crippen LogP contribution in [0.3, 0.4) is 0 Å². The number of hydrogen-bond acceptors (Lipinski definition) is 4. The van der Waals surface area contributed by atoms with Gasteiger partial charge in [0.05, 0.1) is 23.6 Å². The van der Waals surface area contributed by atoms with Crippen molar-refractivity contribution in [3.8, 4) is 0 Å². The number of hydrogen-bond donors (Lipinski definition) is 1. The molecule has 0 unspecified atom stereocenters. The molecule has 26 heavy (non-hydrogen) atoms. The van der Waals surface area contributed by atoms with E-state index in [1.165, 1.54) is 23.9 Å². The molecule has 2 atom stereocenters. The highest BCUT2D eigenvalue weighted by atomic mass is 32.2. The minimum atomic E-state index is -0.374. The first kappa shape index (κ1) is 18.9. The van der Waals surface area contributed by atoms with Crippen molar-refractivity contribution in [2.24, 2.45) is 0 Å². The zero-order chi connectivity index (χ0) is 18.7. The van der Waals surface area contributed by atoms with Crippen molar-refractivity contribution in [1.82, 2.24) is 9.55 Å². The average molecular weight is 377 g/mol. The molecule has 2 aromatic rings. The standard InChI is InChI=1S/C19H24FN3O2S/c1-12-13(2)23(11-17-8-5-9-25-17)19(21-12)26-14(3)18(24)22-16-7-4-6-15(20)10-16/h4,6-7,10,14,17H,5,8-9,11H2,1-3H3,(H,22,24)/t14-,17-/m1/s1. The van der Waals surface area contributed by atoms with E-state index in [0.29, 0.717) is 5.69 Å². The Morgan fingerprint density at radius 2 is 2.31 bits per heavy atom. The fraction of sp³-hybridized carbons (Fsp3) is 0.474. The molecule has 1 N–H and O–H groups in total. The van der Waals surface area contributed by atoms with Crippen molar-refractivity contribution in [2.45, 2.75) is 56.7 Å². The maximum absolute atomic E-state index is 13.3. The lowest BCUT2D eigenvalue weighted by Gasteiger charge is -2.16. The van der Waals surface area contributed by atoms with Crippen LogP contribution < -0.4 is 5.32 Å². The summed E-state index contributed by atoms with van der Waals surface area (Å²) in [6.07, 6.45) is 2.35. The van der Waals surface area contributed by atoms with Crippen molar-refractivity contribution >= 4 is 23.4 Å². The molecule has 0 bridgehead atoms. The number of benzene rings is 1. The monoisotopic (exact) mass is 377 g/mol. The fourth-order valence-corrected chi connectivity index (χ4v) is 3.95. The number of anilines is 1. The molecule has 0 spiro atoms. The molecule has 3 rings (SSSR count). The first-order valence-corrected chi connectivity index (χ1v) is 9.70. The summed E-state index contributed by atoms with van der Waals surface area (Å²) >= 11 is 1.41. The number of imidazole rings is 1. The quantitative estimate of drug-likeness (QED) is 0.775. The number of aromatic nitrogens is 2. The summed E-state index contributed by atoms with van der Waals surface area (Å²) < 4.78 is 21.2. The second-order valence-corrected chi connectivity index (χ2v) is 7.88. The summed E-state index contributed by atoms with van der Waals surface area (Å²) in [5.41, 5.74) is 2.52. The zero-order valence-corrected chi connectivity index (χ0v) is 16.1. The van der Waals surface area contributed by atoms with Crippen LogP contribution >= 0.6 is 11.8 Å². The number of aryl methyl sites for hydroxylation is 1. The van der Waals surface area contributed by atoms with Crippen molar-refractivity contribution in [1.29, 1.82) is 0 Å². The van der Waals surface area contributed by atoms with Crippen molar-refractivity contribution in [3.63, 3.8) is 0 Å². The smallest absolute Gasteiger partial charge is 0.237 e. The topological polar surface area (TPSA) is 56.2 Å². The number of halogens is 1. The predicted molar refractivity (Wildman–Crippen MR) is 101 cm³/mol. The van der Waals surface area contributed by atoms with E-state index in [1.807, 2.05) is 20.8 Å². The van der Waals surface area contributed by atoms with Crippen LogP contribution in [0.15, 0.2) is 29.4 Å². The number of thioether (sulfide) groups is 1. The maximum Gasteiger partial charge on any atom is 0.237 e. The van der Waals surface area contributed by atoms with Gasteiger partial charge in [-0.15, -0.1) is 0 Å². The van der Waals surface area contributed by atoms with Crippen LogP contribution in [-0.2, 0) is 16.1 Å². The molecule has 1 aliphatic heterocycles. The van der Waals surface area contributed by atoms with Crippen molar-refractivity contribution in [2.75, 3.05) is 11.9 Å². The first-order chi connectivity index (χ1) is 12.4. The Morgan fingerprint density at radius 1 is 1.50 bits per heavy atom. The zero-order valence-electron chi connectivity index (χ0n) is 15.3. The normalized spacial score (nSPS) is 18.1. The van der Waals surface area contributed by atoms with Crippen molar-refractivity contribution < 1.29 is 13.9 Å². The lowest BCUT2D eigenvalue weighted by Crippen LogP contribution is -2.23. The molecular formula is C19H24FN3O2S. The summed E-state index contributed by atoms with van der Waals surface area (Å²) in [6.45, 7) is 7.41. The molecule has 1 aliphatic rings. The van der Waals surface area contributed by atoms with Crippen molar-refractivity contribution in [3.05, 3.63) is 41.5 Å². The lowest BCUT2D eigenvalue weighted by atomic mass is 10.2. The van der Waals surface area contributed by atoms with E-state index in [-0.39, 0.29) is 23.1 Å². The summed E-state index contributed by atoms with van der Waals surface area (Å²) in [5, 5.41) is 3.21. The maximum atomic E-state index is 13.3. The largest absolute Gasteiger partial charge is 0.376 e. The van der Waals surface area contributed by atoms with Gasteiger partial charge < -0.3 is 14.6 Å². The molecule has 0 radical (unpaired) electrons. The van der Waals surface area contributed by atoms with Gasteiger partial charge in [0, 0.05) is 18.0 Å². The third-order valence-electron chi connectivity index (χ3n) is 4.58. The molecule has 1 aromatic heterocycles. The molecule has 0 aliphatic carbocycles. The molecule has 1 saturated heterocycles. The van der Waals surface area contributed by atoms with Gasteiger partial charge in [-0.1, -0.05) is 17.8 Å². The summed E-state index contributed by atoms with van der Waals surface area (Å²) in [7, 11) is 0. The van der Waals surface area contributed by atoms with E-state index in [9.17, 15) is 9.18 Å². The van der Waals surface area contributed by atoms with Gasteiger partial charge in [0.2, 0.25) is 5.91 Å². The van der Waals surface area contributed by atoms with Gasteiger partial charge in [0.1, 0.15) is 5.82 Å². The number of carbonyl (C=O) groups excluding carboxylic acids is 1. The van der Waals surface area contributed by atoms with Gasteiger partial charge >= 0.3 is 0 Å². The van der Waals surface area contributed by atoms with Gasteiger partial charge in [-0.3, -0.25) is 4.79 Å². The summed E-state index contributed by atoms with van der Waals surface area (Å²) in [6, 6.07) is 5.90. The van der Waals surface area contributed by atoms with Crippen LogP contribution in [0.25, 0.3) is 0 Å². The molecule has 1 fully saturated rings. The lowest BCUT2D eigenvalue weighted by molar-refractivity contribution is -0.115. The molecule has 7 heteroatoms. The SMILES string of the molecule is Cc1nc(S[C@H](C)C(=O)Nc2cccc(F)c2)n(C[C@H]2CCCO2)c1C. The van der Waals surface area contributed by atoms with E-state index in [2.05, 4.69) is 14.9 Å². The highest BCUT2D eigenvalue weighted by molar-refractivity contribution is 8.00. The Balaban J connectivity index is 1.69. The number of amides is 1. The number of carbonyl (C=O) groups is 1. The van der Waals surface area contributed by atoms with Gasteiger partial charge in [0.15, 0.2) is 5.16 Å². The molecule has 0 saturated carbocycles. The Kier molecular flexibility index (Phi) is 5.98. The Bertz CT molecular complexity index is 787. The number of ether oxygens (including phenoxy) is 1. The van der Waals surface area contributed by atoms with Gasteiger partial charge in [-0.05, 0) is 51.8 Å². The average Bonchev–Trinajstić information content (AvgIpc) is 3.19. The second kappa shape index (κ2) is 8.22. The number of rotatable bonds is 6. The second-order valence-electron chi connectivity index (χ2n) is 6.57. The summed E-state index contributed by atoms with van der Waals surface area (Å²) in [5.74, 6) is -0.552. The van der Waals surface area contributed by atoms with E-state index < -0.39 is 0 Å². The molecule has 2 heterocycles. The molecular weight excluding hydrogens is 353 g/mol. The van der Waals surface area contributed by atoms with Gasteiger partial charge in [-0.25, -0.2) is 9.37 Å². The first-order valence-electron chi connectivity index (χ1n) is 8.82. The molecule has 140 valence electrons. The highest BCUT2D eigenvalue weighted by Gasteiger charge is 2.23. The molecule has 5 nitrogen and oxygen atoms in total. The number of nitrogens with zero attached hydrogens (tertiary/aromatic N) is 2. The molecule has 1 amide bonds. The van der Waals surface area contributed by atoms with Gasteiger partial charge in [-0.2, -0.15) is 0 Å². The minimum Gasteiger partial charge on any atom is -0.376 e. The molecule has 1 aromatic carbocycles. The van der Waals surface area contributed by atoms with E-state index in [1.54, 1.807) is 12.1 Å². The van der Waals surface area contributed by atoms with Crippen LogP contribution in [0.2, 0.25) is 0 Å². The van der Waals surface area contributed by atoms with Gasteiger partial charge in [0.25, 0.3) is 0 Å². The Morgan fingerprint density at radius 3 is 3.00 bits per heavy atom. The third-order valence-corrected chi connectivity index (χ3v) is 5.67. The van der Waals surface area contributed by atoms with Crippen LogP contribution in [0.5, 0.6) is 0 Å². The fourth-order valence-electron chi connectivity index (χ4n) is 2.94. The third kappa shape index (κ3) is 4.45. The Labute approximate surface area is 157 Å². The Hall–Kier alpha value is -1.86.